The van der Waals surface area contributed by atoms with Crippen molar-refractivity contribution in [1.29, 1.82) is 0 Å². The van der Waals surface area contributed by atoms with Gasteiger partial charge in [0.05, 0.1) is 8.95 Å². The third-order valence-electron chi connectivity index (χ3n) is 2.71. The van der Waals surface area contributed by atoms with Crippen LogP contribution in [-0.4, -0.2) is 10.2 Å². The van der Waals surface area contributed by atoms with E-state index in [1.807, 2.05) is 0 Å². The van der Waals surface area contributed by atoms with Crippen LogP contribution in [0, 0.1) is 0 Å². The fourth-order valence-electron chi connectivity index (χ4n) is 1.68. The topological polar surface area (TPSA) is 40.5 Å². The molecule has 2 aromatic carbocycles. The van der Waals surface area contributed by atoms with Crippen LogP contribution in [0.3, 0.4) is 0 Å². The summed E-state index contributed by atoms with van der Waals surface area (Å²) in [6.07, 6.45) is 0.230. The van der Waals surface area contributed by atoms with Crippen molar-refractivity contribution in [1.82, 2.24) is 0 Å². The van der Waals surface area contributed by atoms with Crippen molar-refractivity contribution < 1.29 is 10.2 Å². The lowest BCUT2D eigenvalue weighted by molar-refractivity contribution is 0.459. The summed E-state index contributed by atoms with van der Waals surface area (Å²) in [5.41, 5.74) is 1.01. The minimum Gasteiger partial charge on any atom is -0.506 e. The number of hydrogen-bond donors (Lipinski definition) is 2. The molecule has 0 aliphatic carbocycles. The van der Waals surface area contributed by atoms with E-state index in [2.05, 4.69) is 31.9 Å². The van der Waals surface area contributed by atoms with Crippen LogP contribution in [0.4, 0.5) is 0 Å². The average Bonchev–Trinajstić information content (AvgIpc) is 2.38. The van der Waals surface area contributed by atoms with Gasteiger partial charge < -0.3 is 10.2 Å². The predicted molar refractivity (Wildman–Crippen MR) is 84.4 cm³/mol. The number of phenolic OH excluding ortho intramolecular Hbond substituents is 2. The molecule has 0 aliphatic heterocycles. The molecule has 0 bridgehead atoms. The maximum Gasteiger partial charge on any atom is 0.134 e. The van der Waals surface area contributed by atoms with Crippen LogP contribution in [0.2, 0.25) is 10.0 Å². The number of phenols is 2. The summed E-state index contributed by atoms with van der Waals surface area (Å²) in [6.45, 7) is 0. The summed E-state index contributed by atoms with van der Waals surface area (Å²) in [7, 11) is 0. The van der Waals surface area contributed by atoms with Gasteiger partial charge in [-0.2, -0.15) is 0 Å². The van der Waals surface area contributed by atoms with Crippen LogP contribution in [0.15, 0.2) is 33.2 Å². The molecule has 2 nitrogen and oxygen atoms in total. The van der Waals surface area contributed by atoms with Gasteiger partial charge in [-0.1, -0.05) is 23.2 Å². The van der Waals surface area contributed by atoms with Gasteiger partial charge in [0.15, 0.2) is 0 Å². The van der Waals surface area contributed by atoms with Gasteiger partial charge in [0.25, 0.3) is 0 Å². The highest BCUT2D eigenvalue weighted by molar-refractivity contribution is 9.10. The maximum atomic E-state index is 10.0. The third-order valence-corrected chi connectivity index (χ3v) is 4.69. The zero-order chi connectivity index (χ0) is 14.2. The van der Waals surface area contributed by atoms with Crippen molar-refractivity contribution in [2.24, 2.45) is 0 Å². The first-order valence-corrected chi connectivity index (χ1v) is 7.57. The van der Waals surface area contributed by atoms with Gasteiger partial charge in [-0.25, -0.2) is 0 Å². The fourth-order valence-corrected chi connectivity index (χ4v) is 2.86. The molecule has 0 saturated carbocycles. The molecule has 2 rings (SSSR count). The lowest BCUT2D eigenvalue weighted by Crippen LogP contribution is -1.94. The van der Waals surface area contributed by atoms with Crippen molar-refractivity contribution in [3.05, 3.63) is 54.4 Å². The molecule has 19 heavy (non-hydrogen) atoms. The van der Waals surface area contributed by atoms with E-state index in [1.165, 1.54) is 0 Å². The minimum absolute atomic E-state index is 0.0444. The quantitative estimate of drug-likeness (QED) is 0.663. The van der Waals surface area contributed by atoms with Crippen molar-refractivity contribution in [2.45, 2.75) is 6.42 Å². The molecule has 2 aromatic rings. The zero-order valence-electron chi connectivity index (χ0n) is 9.42. The number of benzene rings is 2. The van der Waals surface area contributed by atoms with E-state index in [9.17, 15) is 10.2 Å². The van der Waals surface area contributed by atoms with Crippen molar-refractivity contribution in [2.75, 3.05) is 0 Å². The molecule has 0 saturated heterocycles. The second-order valence-corrected chi connectivity index (χ2v) is 6.41. The Morgan fingerprint density at radius 1 is 0.789 bits per heavy atom. The molecule has 0 radical (unpaired) electrons. The number of hydrogen-bond acceptors (Lipinski definition) is 2. The molecule has 0 fully saturated rings. The number of rotatable bonds is 2. The Morgan fingerprint density at radius 3 is 1.53 bits per heavy atom. The van der Waals surface area contributed by atoms with Gasteiger partial charge in [-0.3, -0.25) is 0 Å². The van der Waals surface area contributed by atoms with Gasteiger partial charge in [-0.15, -0.1) is 0 Å². The largest absolute Gasteiger partial charge is 0.506 e. The Kier molecular flexibility index (Phi) is 4.66. The second kappa shape index (κ2) is 5.92. The molecule has 0 heterocycles. The van der Waals surface area contributed by atoms with Crippen LogP contribution in [-0.2, 0) is 6.42 Å². The Bertz CT molecular complexity index is 590. The third kappa shape index (κ3) is 3.02. The van der Waals surface area contributed by atoms with Gasteiger partial charge in [0, 0.05) is 27.6 Å². The molecule has 0 aromatic heterocycles. The molecule has 6 heteroatoms. The SMILES string of the molecule is Oc1c(Br)ccc(Cl)c1Cc1c(Cl)ccc(Br)c1O. The first kappa shape index (κ1) is 15.0. The molecule has 2 N–H and O–H groups in total. The van der Waals surface area contributed by atoms with E-state index in [4.69, 9.17) is 23.2 Å². The molecule has 100 valence electrons. The second-order valence-electron chi connectivity index (χ2n) is 3.89. The predicted octanol–water partition coefficient (Wildman–Crippen LogP) is 5.52. The summed E-state index contributed by atoms with van der Waals surface area (Å²) in [5.74, 6) is 0.0888. The molecular weight excluding hydrogens is 419 g/mol. The number of halogens is 4. The summed E-state index contributed by atoms with van der Waals surface area (Å²) >= 11 is 18.6. The van der Waals surface area contributed by atoms with E-state index in [-0.39, 0.29) is 17.9 Å². The number of aromatic hydroxyl groups is 2. The van der Waals surface area contributed by atoms with Crippen LogP contribution in [0.1, 0.15) is 11.1 Å². The van der Waals surface area contributed by atoms with Crippen molar-refractivity contribution >= 4 is 55.1 Å². The monoisotopic (exact) mass is 424 g/mol. The van der Waals surface area contributed by atoms with E-state index in [0.29, 0.717) is 30.1 Å². The Hall–Kier alpha value is -0.420. The van der Waals surface area contributed by atoms with Crippen LogP contribution in [0.5, 0.6) is 11.5 Å². The van der Waals surface area contributed by atoms with Crippen molar-refractivity contribution in [3.63, 3.8) is 0 Å². The average molecular weight is 427 g/mol. The van der Waals surface area contributed by atoms with Gasteiger partial charge in [0.2, 0.25) is 0 Å². The molecule has 0 amide bonds. The summed E-state index contributed by atoms with van der Waals surface area (Å²) in [6, 6.07) is 6.65. The molecule has 0 aliphatic rings. The maximum absolute atomic E-state index is 10.0. The molecule has 0 atom stereocenters. The van der Waals surface area contributed by atoms with Crippen LogP contribution >= 0.6 is 55.1 Å². The molecular formula is C13H8Br2Cl2O2. The fraction of sp³-hybridized carbons (Fsp3) is 0.0769. The lowest BCUT2D eigenvalue weighted by atomic mass is 10.0. The molecule has 0 spiro atoms. The Morgan fingerprint density at radius 2 is 1.16 bits per heavy atom. The highest BCUT2D eigenvalue weighted by atomic mass is 79.9. The summed E-state index contributed by atoms with van der Waals surface area (Å²) < 4.78 is 1.08. The van der Waals surface area contributed by atoms with Crippen LogP contribution < -0.4 is 0 Å². The standard InChI is InChI=1S/C13H8Br2Cl2O2/c14-8-1-3-10(16)6(12(8)18)5-7-11(17)4-2-9(15)13(7)19/h1-4,18-19H,5H2. The summed E-state index contributed by atoms with van der Waals surface area (Å²) in [5, 5.41) is 20.9. The summed E-state index contributed by atoms with van der Waals surface area (Å²) in [4.78, 5) is 0. The Labute approximate surface area is 137 Å². The lowest BCUT2D eigenvalue weighted by Gasteiger charge is -2.12. The van der Waals surface area contributed by atoms with E-state index < -0.39 is 0 Å². The van der Waals surface area contributed by atoms with Gasteiger partial charge in [0.1, 0.15) is 11.5 Å². The van der Waals surface area contributed by atoms with Crippen molar-refractivity contribution in [3.8, 4) is 11.5 Å². The zero-order valence-corrected chi connectivity index (χ0v) is 14.1. The first-order chi connectivity index (χ1) is 8.91. The Balaban J connectivity index is 2.54. The van der Waals surface area contributed by atoms with E-state index in [1.54, 1.807) is 24.3 Å². The highest BCUT2D eigenvalue weighted by Gasteiger charge is 2.16. The van der Waals surface area contributed by atoms with E-state index >= 15 is 0 Å². The van der Waals surface area contributed by atoms with Gasteiger partial charge in [-0.05, 0) is 56.1 Å². The van der Waals surface area contributed by atoms with Gasteiger partial charge >= 0.3 is 0 Å². The van der Waals surface area contributed by atoms with E-state index in [0.717, 1.165) is 0 Å². The first-order valence-electron chi connectivity index (χ1n) is 5.23. The highest BCUT2D eigenvalue weighted by Crippen LogP contribution is 2.39. The normalized spacial score (nSPS) is 10.7. The molecule has 0 unspecified atom stereocenters. The smallest absolute Gasteiger partial charge is 0.134 e. The minimum atomic E-state index is 0.0444. The van der Waals surface area contributed by atoms with Crippen LogP contribution in [0.25, 0.3) is 0 Å².